The summed E-state index contributed by atoms with van der Waals surface area (Å²) in [7, 11) is 0. The van der Waals surface area contributed by atoms with E-state index in [1.165, 1.54) is 50.5 Å². The van der Waals surface area contributed by atoms with Crippen molar-refractivity contribution in [2.75, 3.05) is 0 Å². The summed E-state index contributed by atoms with van der Waals surface area (Å²) in [5, 5.41) is 0. The number of carbonyl (C=O) groups is 1. The molecule has 0 unspecified atom stereocenters. The van der Waals surface area contributed by atoms with Gasteiger partial charge in [-0.15, -0.1) is 0 Å². The summed E-state index contributed by atoms with van der Waals surface area (Å²) >= 11 is 0. The Morgan fingerprint density at radius 3 is 2.47 bits per heavy atom. The molecule has 0 radical (unpaired) electrons. The van der Waals surface area contributed by atoms with Gasteiger partial charge in [-0.1, -0.05) is 59.3 Å². The maximum absolute atomic E-state index is 12.1. The summed E-state index contributed by atoms with van der Waals surface area (Å²) in [4.78, 5) is 12.1. The monoisotopic (exact) mass is 410 g/mol. The van der Waals surface area contributed by atoms with E-state index in [0.29, 0.717) is 22.5 Å². The van der Waals surface area contributed by atoms with Gasteiger partial charge >= 0.3 is 0 Å². The lowest BCUT2D eigenvalue weighted by Gasteiger charge is -2.58. The zero-order chi connectivity index (χ0) is 21.7. The number of allylic oxidation sites excluding steroid dienone is 3. The molecule has 0 aromatic carbocycles. The molecule has 4 rings (SSSR count). The summed E-state index contributed by atoms with van der Waals surface area (Å²) in [6, 6.07) is 0. The lowest BCUT2D eigenvalue weighted by atomic mass is 9.46. The Morgan fingerprint density at radius 1 is 1.00 bits per heavy atom. The SMILES string of the molecule is CC[C@H](/C=C/[C@@H](C)[C@H]1CC[C@H]2[C@H]3CCC4=CC(=O)CC[C@]4(C)[C@@H]3CC[C@]12C)C(C)C. The van der Waals surface area contributed by atoms with E-state index in [0.717, 1.165) is 48.3 Å². The maximum Gasteiger partial charge on any atom is 0.155 e. The van der Waals surface area contributed by atoms with Gasteiger partial charge in [-0.05, 0) is 110 Å². The average Bonchev–Trinajstić information content (AvgIpc) is 3.06. The van der Waals surface area contributed by atoms with Gasteiger partial charge in [0.05, 0.1) is 0 Å². The Kier molecular flexibility index (Phi) is 6.15. The summed E-state index contributed by atoms with van der Waals surface area (Å²) in [6.07, 6.45) is 18.5. The van der Waals surface area contributed by atoms with E-state index in [4.69, 9.17) is 0 Å². The molecule has 0 aromatic heterocycles. The summed E-state index contributed by atoms with van der Waals surface area (Å²) in [5.41, 5.74) is 2.34. The molecule has 0 aliphatic heterocycles. The van der Waals surface area contributed by atoms with Crippen molar-refractivity contribution in [3.63, 3.8) is 0 Å². The van der Waals surface area contributed by atoms with Gasteiger partial charge in [-0.2, -0.15) is 0 Å². The summed E-state index contributed by atoms with van der Waals surface area (Å²) in [6.45, 7) is 14.7. The Morgan fingerprint density at radius 2 is 1.77 bits per heavy atom. The van der Waals surface area contributed by atoms with Crippen molar-refractivity contribution in [2.45, 2.75) is 99.3 Å². The second kappa shape index (κ2) is 8.25. The van der Waals surface area contributed by atoms with E-state index in [-0.39, 0.29) is 0 Å². The predicted octanol–water partition coefficient (Wildman–Crippen LogP) is 8.01. The van der Waals surface area contributed by atoms with Gasteiger partial charge in [0.15, 0.2) is 5.78 Å². The standard InChI is InChI=1S/C29H46O/c1-7-21(19(2)3)9-8-20(4)25-12-13-26-24-11-10-22-18-23(30)14-16-28(22,5)27(24)15-17-29(25,26)6/h8-9,18-21,24-27H,7,10-17H2,1-6H3/b9-8+/t20-,21-,24-,25-,26+,27-,28+,29-/m1/s1. The van der Waals surface area contributed by atoms with Crippen molar-refractivity contribution in [2.24, 2.45) is 52.3 Å². The first-order chi connectivity index (χ1) is 14.2. The van der Waals surface area contributed by atoms with Gasteiger partial charge in [-0.3, -0.25) is 4.79 Å². The van der Waals surface area contributed by atoms with Crippen LogP contribution in [0.3, 0.4) is 0 Å². The third-order valence-corrected chi connectivity index (χ3v) is 10.7. The molecular weight excluding hydrogens is 364 g/mol. The lowest BCUT2D eigenvalue weighted by molar-refractivity contribution is -0.117. The number of hydrogen-bond donors (Lipinski definition) is 0. The molecule has 168 valence electrons. The van der Waals surface area contributed by atoms with Crippen LogP contribution in [0, 0.1) is 52.3 Å². The first kappa shape index (κ1) is 22.3. The molecule has 1 nitrogen and oxygen atoms in total. The molecular formula is C29H46O. The van der Waals surface area contributed by atoms with Crippen LogP contribution in [0.4, 0.5) is 0 Å². The summed E-state index contributed by atoms with van der Waals surface area (Å²) < 4.78 is 0. The first-order valence-corrected chi connectivity index (χ1v) is 13.1. The Labute approximate surface area is 186 Å². The third kappa shape index (κ3) is 3.57. The molecule has 0 N–H and O–H groups in total. The average molecular weight is 411 g/mol. The van der Waals surface area contributed by atoms with Crippen molar-refractivity contribution >= 4 is 5.78 Å². The molecule has 0 aromatic rings. The number of ketones is 1. The van der Waals surface area contributed by atoms with Gasteiger partial charge in [0.1, 0.15) is 0 Å². The Hall–Kier alpha value is -0.850. The fourth-order valence-electron chi connectivity index (χ4n) is 8.75. The molecule has 4 aliphatic rings. The maximum atomic E-state index is 12.1. The summed E-state index contributed by atoms with van der Waals surface area (Å²) in [5.74, 6) is 6.01. The van der Waals surface area contributed by atoms with Crippen molar-refractivity contribution in [3.8, 4) is 0 Å². The van der Waals surface area contributed by atoms with E-state index in [1.54, 1.807) is 0 Å². The molecule has 0 amide bonds. The molecule has 1 heteroatoms. The van der Waals surface area contributed by atoms with Crippen LogP contribution in [0.2, 0.25) is 0 Å². The van der Waals surface area contributed by atoms with Crippen LogP contribution < -0.4 is 0 Å². The number of fused-ring (bicyclic) bond motifs is 5. The van der Waals surface area contributed by atoms with Gasteiger partial charge in [-0.25, -0.2) is 0 Å². The highest BCUT2D eigenvalue weighted by Crippen LogP contribution is 2.67. The van der Waals surface area contributed by atoms with Gasteiger partial charge in [0, 0.05) is 6.42 Å². The molecule has 0 heterocycles. The van der Waals surface area contributed by atoms with Crippen molar-refractivity contribution in [1.29, 1.82) is 0 Å². The van der Waals surface area contributed by atoms with Crippen LogP contribution in [-0.2, 0) is 4.79 Å². The van der Waals surface area contributed by atoms with Crippen LogP contribution >= 0.6 is 0 Å². The number of hydrogen-bond acceptors (Lipinski definition) is 1. The fraction of sp³-hybridized carbons (Fsp3) is 0.828. The van der Waals surface area contributed by atoms with Crippen LogP contribution in [0.5, 0.6) is 0 Å². The minimum atomic E-state index is 0.313. The van der Waals surface area contributed by atoms with E-state index < -0.39 is 0 Å². The van der Waals surface area contributed by atoms with Gasteiger partial charge in [0.25, 0.3) is 0 Å². The fourth-order valence-corrected chi connectivity index (χ4v) is 8.75. The quantitative estimate of drug-likeness (QED) is 0.419. The van der Waals surface area contributed by atoms with E-state index in [9.17, 15) is 4.79 Å². The molecule has 8 atom stereocenters. The first-order valence-electron chi connectivity index (χ1n) is 13.1. The Bertz CT molecular complexity index is 714. The largest absolute Gasteiger partial charge is 0.295 e. The minimum absolute atomic E-state index is 0.313. The van der Waals surface area contributed by atoms with Crippen LogP contribution in [0.25, 0.3) is 0 Å². The lowest BCUT2D eigenvalue weighted by Crippen LogP contribution is -2.50. The van der Waals surface area contributed by atoms with Gasteiger partial charge in [0.2, 0.25) is 0 Å². The van der Waals surface area contributed by atoms with E-state index in [2.05, 4.69) is 59.8 Å². The number of carbonyl (C=O) groups excluding carboxylic acids is 1. The minimum Gasteiger partial charge on any atom is -0.295 e. The highest BCUT2D eigenvalue weighted by Gasteiger charge is 2.59. The van der Waals surface area contributed by atoms with Crippen LogP contribution in [0.1, 0.15) is 99.3 Å². The smallest absolute Gasteiger partial charge is 0.155 e. The number of rotatable bonds is 5. The van der Waals surface area contributed by atoms with E-state index >= 15 is 0 Å². The zero-order valence-electron chi connectivity index (χ0n) is 20.5. The normalized spacial score (nSPS) is 43.2. The molecule has 3 fully saturated rings. The van der Waals surface area contributed by atoms with Crippen LogP contribution in [0.15, 0.2) is 23.8 Å². The van der Waals surface area contributed by atoms with E-state index in [1.807, 2.05) is 0 Å². The Balaban J connectivity index is 1.52. The molecule has 0 bridgehead atoms. The molecule has 3 saturated carbocycles. The second-order valence-electron chi connectivity index (χ2n) is 12.3. The van der Waals surface area contributed by atoms with Crippen molar-refractivity contribution in [3.05, 3.63) is 23.8 Å². The highest BCUT2D eigenvalue weighted by molar-refractivity contribution is 5.91. The van der Waals surface area contributed by atoms with Gasteiger partial charge < -0.3 is 0 Å². The second-order valence-corrected chi connectivity index (χ2v) is 12.3. The molecule has 0 saturated heterocycles. The molecule has 30 heavy (non-hydrogen) atoms. The highest BCUT2D eigenvalue weighted by atomic mass is 16.1. The predicted molar refractivity (Wildman–Crippen MR) is 127 cm³/mol. The molecule has 0 spiro atoms. The van der Waals surface area contributed by atoms with Crippen molar-refractivity contribution < 1.29 is 4.79 Å². The third-order valence-electron chi connectivity index (χ3n) is 10.7. The zero-order valence-corrected chi connectivity index (χ0v) is 20.5. The van der Waals surface area contributed by atoms with Crippen LogP contribution in [-0.4, -0.2) is 5.78 Å². The topological polar surface area (TPSA) is 17.1 Å². The molecule has 4 aliphatic carbocycles. The van der Waals surface area contributed by atoms with Crippen molar-refractivity contribution in [1.82, 2.24) is 0 Å².